The third-order valence-electron chi connectivity index (χ3n) is 4.42. The van der Waals surface area contributed by atoms with E-state index in [-0.39, 0.29) is 18.9 Å². The van der Waals surface area contributed by atoms with E-state index in [4.69, 9.17) is 11.6 Å². The van der Waals surface area contributed by atoms with Crippen LogP contribution in [0.25, 0.3) is 0 Å². The molecule has 1 aliphatic heterocycles. The first-order valence-corrected chi connectivity index (χ1v) is 8.95. The maximum atomic E-state index is 12.4. The smallest absolute Gasteiger partial charge is 0.269 e. The molecule has 1 heterocycles. The summed E-state index contributed by atoms with van der Waals surface area (Å²) >= 11 is 5.79. The first kappa shape index (κ1) is 18.9. The number of nitrogens with zero attached hydrogens (tertiary/aromatic N) is 1. The number of hydrogen-bond acceptors (Lipinski definition) is 3. The van der Waals surface area contributed by atoms with E-state index in [0.29, 0.717) is 10.6 Å². The molecule has 0 aromatic heterocycles. The van der Waals surface area contributed by atoms with Crippen molar-refractivity contribution in [3.8, 4) is 0 Å². The second-order valence-electron chi connectivity index (χ2n) is 6.70. The third kappa shape index (κ3) is 4.46. The lowest BCUT2D eigenvalue weighted by atomic mass is 10.1. The van der Waals surface area contributed by atoms with Crippen LogP contribution in [0.15, 0.2) is 42.5 Å². The average molecular weight is 386 g/mol. The molecule has 0 aliphatic carbocycles. The molecule has 1 aliphatic rings. The van der Waals surface area contributed by atoms with Crippen molar-refractivity contribution < 1.29 is 14.4 Å². The van der Waals surface area contributed by atoms with Crippen LogP contribution in [-0.4, -0.2) is 24.3 Å². The van der Waals surface area contributed by atoms with Gasteiger partial charge in [0.25, 0.3) is 5.91 Å². The Balaban J connectivity index is 1.60. The maximum Gasteiger partial charge on any atom is 0.269 e. The van der Waals surface area contributed by atoms with E-state index < -0.39 is 17.7 Å². The highest BCUT2D eigenvalue weighted by atomic mass is 35.5. The lowest BCUT2D eigenvalue weighted by Crippen LogP contribution is -2.45. The number of nitrogens with one attached hydrogen (secondary N) is 2. The number of hydrazine groups is 1. The number of anilines is 1. The van der Waals surface area contributed by atoms with Gasteiger partial charge in [-0.1, -0.05) is 17.7 Å². The predicted octanol–water partition coefficient (Wildman–Crippen LogP) is 2.77. The highest BCUT2D eigenvalue weighted by Crippen LogP contribution is 2.27. The van der Waals surface area contributed by atoms with Gasteiger partial charge in [0.15, 0.2) is 0 Å². The van der Waals surface area contributed by atoms with Gasteiger partial charge in [0.1, 0.15) is 0 Å². The number of halogens is 1. The van der Waals surface area contributed by atoms with Crippen molar-refractivity contribution in [2.75, 3.05) is 11.4 Å². The molecule has 0 bridgehead atoms. The number of amides is 3. The SMILES string of the molecule is Cc1cc(C)cc(N2C[C@@H](C(=O)NNC(=O)c3ccc(Cl)cc3)CC2=O)c1. The third-order valence-corrected chi connectivity index (χ3v) is 4.67. The van der Waals surface area contributed by atoms with Gasteiger partial charge in [0, 0.05) is 29.2 Å². The van der Waals surface area contributed by atoms with Gasteiger partial charge in [-0.15, -0.1) is 0 Å². The Hall–Kier alpha value is -2.86. The van der Waals surface area contributed by atoms with Crippen molar-refractivity contribution >= 4 is 35.0 Å². The molecule has 140 valence electrons. The molecule has 0 saturated carbocycles. The Bertz CT molecular complexity index is 876. The topological polar surface area (TPSA) is 78.5 Å². The zero-order valence-electron chi connectivity index (χ0n) is 15.1. The Morgan fingerprint density at radius 1 is 1.04 bits per heavy atom. The molecule has 7 heteroatoms. The van der Waals surface area contributed by atoms with Crippen LogP contribution in [0.1, 0.15) is 27.9 Å². The molecule has 0 unspecified atom stereocenters. The van der Waals surface area contributed by atoms with Gasteiger partial charge in [-0.3, -0.25) is 25.2 Å². The van der Waals surface area contributed by atoms with Crippen molar-refractivity contribution in [1.29, 1.82) is 0 Å². The highest BCUT2D eigenvalue weighted by molar-refractivity contribution is 6.30. The van der Waals surface area contributed by atoms with E-state index in [9.17, 15) is 14.4 Å². The molecular formula is C20H20ClN3O3. The van der Waals surface area contributed by atoms with Gasteiger partial charge in [-0.25, -0.2) is 0 Å². The summed E-state index contributed by atoms with van der Waals surface area (Å²) in [6, 6.07) is 12.2. The van der Waals surface area contributed by atoms with E-state index in [1.54, 1.807) is 29.2 Å². The van der Waals surface area contributed by atoms with Crippen molar-refractivity contribution in [1.82, 2.24) is 10.9 Å². The van der Waals surface area contributed by atoms with Gasteiger partial charge in [0.05, 0.1) is 5.92 Å². The van der Waals surface area contributed by atoms with Crippen LogP contribution in [0.3, 0.4) is 0 Å². The second-order valence-corrected chi connectivity index (χ2v) is 7.14. The lowest BCUT2D eigenvalue weighted by Gasteiger charge is -2.18. The number of carbonyl (C=O) groups is 3. The Kier molecular flexibility index (Phi) is 5.46. The minimum absolute atomic E-state index is 0.107. The Morgan fingerprint density at radius 3 is 2.30 bits per heavy atom. The number of rotatable bonds is 3. The van der Waals surface area contributed by atoms with Crippen LogP contribution in [0.5, 0.6) is 0 Å². The number of carbonyl (C=O) groups excluding carboxylic acids is 3. The lowest BCUT2D eigenvalue weighted by molar-refractivity contribution is -0.126. The second kappa shape index (κ2) is 7.80. The zero-order chi connectivity index (χ0) is 19.6. The van der Waals surface area contributed by atoms with Crippen LogP contribution in [0, 0.1) is 19.8 Å². The van der Waals surface area contributed by atoms with Crippen LogP contribution in [0.2, 0.25) is 5.02 Å². The maximum absolute atomic E-state index is 12.4. The van der Waals surface area contributed by atoms with Gasteiger partial charge in [-0.2, -0.15) is 0 Å². The van der Waals surface area contributed by atoms with Gasteiger partial charge in [-0.05, 0) is 61.4 Å². The van der Waals surface area contributed by atoms with Crippen molar-refractivity contribution in [2.45, 2.75) is 20.3 Å². The van der Waals surface area contributed by atoms with Crippen LogP contribution in [-0.2, 0) is 9.59 Å². The molecule has 0 spiro atoms. The molecule has 3 amide bonds. The summed E-state index contributed by atoms with van der Waals surface area (Å²) in [5, 5.41) is 0.520. The van der Waals surface area contributed by atoms with E-state index in [1.165, 1.54) is 0 Å². The van der Waals surface area contributed by atoms with Gasteiger partial charge in [0.2, 0.25) is 11.8 Å². The molecule has 2 aromatic carbocycles. The van der Waals surface area contributed by atoms with Crippen molar-refractivity contribution in [3.05, 3.63) is 64.2 Å². The average Bonchev–Trinajstić information content (AvgIpc) is 3.01. The van der Waals surface area contributed by atoms with E-state index in [0.717, 1.165) is 16.8 Å². The number of hydrogen-bond donors (Lipinski definition) is 2. The van der Waals surface area contributed by atoms with Gasteiger partial charge < -0.3 is 4.90 Å². The molecular weight excluding hydrogens is 366 g/mol. The first-order chi connectivity index (χ1) is 12.8. The molecule has 1 atom stereocenters. The van der Waals surface area contributed by atoms with Crippen LogP contribution in [0.4, 0.5) is 5.69 Å². The highest BCUT2D eigenvalue weighted by Gasteiger charge is 2.35. The standard InChI is InChI=1S/C20H20ClN3O3/c1-12-7-13(2)9-17(8-12)24-11-15(10-18(24)25)20(27)23-22-19(26)14-3-5-16(21)6-4-14/h3-9,15H,10-11H2,1-2H3,(H,22,26)(H,23,27)/t15-/m0/s1. The summed E-state index contributed by atoms with van der Waals surface area (Å²) < 4.78 is 0. The Labute approximate surface area is 162 Å². The quantitative estimate of drug-likeness (QED) is 0.797. The van der Waals surface area contributed by atoms with Crippen LogP contribution >= 0.6 is 11.6 Å². The molecule has 6 nitrogen and oxygen atoms in total. The molecule has 0 radical (unpaired) electrons. The van der Waals surface area contributed by atoms with E-state index in [1.807, 2.05) is 32.0 Å². The molecule has 2 aromatic rings. The summed E-state index contributed by atoms with van der Waals surface area (Å²) in [6.45, 7) is 4.21. The number of aryl methyl sites for hydroxylation is 2. The van der Waals surface area contributed by atoms with Crippen molar-refractivity contribution in [3.63, 3.8) is 0 Å². The van der Waals surface area contributed by atoms with Crippen LogP contribution < -0.4 is 15.8 Å². The summed E-state index contributed by atoms with van der Waals surface area (Å²) in [4.78, 5) is 38.4. The largest absolute Gasteiger partial charge is 0.312 e. The molecule has 1 fully saturated rings. The van der Waals surface area contributed by atoms with E-state index >= 15 is 0 Å². The minimum atomic E-state index is -0.524. The molecule has 2 N–H and O–H groups in total. The summed E-state index contributed by atoms with van der Waals surface area (Å²) in [7, 11) is 0. The van der Waals surface area contributed by atoms with Crippen molar-refractivity contribution in [2.24, 2.45) is 5.92 Å². The fourth-order valence-electron chi connectivity index (χ4n) is 3.13. The molecule has 3 rings (SSSR count). The first-order valence-electron chi connectivity index (χ1n) is 8.58. The summed E-state index contributed by atoms with van der Waals surface area (Å²) in [5.74, 6) is -1.47. The summed E-state index contributed by atoms with van der Waals surface area (Å²) in [6.07, 6.45) is 0.107. The monoisotopic (exact) mass is 385 g/mol. The summed E-state index contributed by atoms with van der Waals surface area (Å²) in [5.41, 5.74) is 8.05. The molecule has 27 heavy (non-hydrogen) atoms. The van der Waals surface area contributed by atoms with E-state index in [2.05, 4.69) is 10.9 Å². The Morgan fingerprint density at radius 2 is 1.67 bits per heavy atom. The fourth-order valence-corrected chi connectivity index (χ4v) is 3.26. The zero-order valence-corrected chi connectivity index (χ0v) is 15.8. The number of benzene rings is 2. The minimum Gasteiger partial charge on any atom is -0.312 e. The normalized spacial score (nSPS) is 16.3. The van der Waals surface area contributed by atoms with Gasteiger partial charge >= 0.3 is 0 Å². The predicted molar refractivity (Wildman–Crippen MR) is 103 cm³/mol. The fraction of sp³-hybridized carbons (Fsp3) is 0.250. The molecule has 1 saturated heterocycles.